The van der Waals surface area contributed by atoms with Crippen molar-refractivity contribution in [2.45, 2.75) is 20.8 Å². The van der Waals surface area contributed by atoms with Crippen LogP contribution in [0.15, 0.2) is 42.5 Å². The lowest BCUT2D eigenvalue weighted by Crippen LogP contribution is -2.39. The van der Waals surface area contributed by atoms with Gasteiger partial charge in [-0.1, -0.05) is 35.9 Å². The standard InChI is InChI=1S/C18H19ClN2O2/c1-4-21(14-8-6-5-7-9-14)18(23)17(22)20-16-13(3)10-12(2)11-15(16)19/h5-11H,4H2,1-3H3,(H,20,22). The van der Waals surface area contributed by atoms with Gasteiger partial charge in [-0.2, -0.15) is 0 Å². The molecule has 0 bridgehead atoms. The van der Waals surface area contributed by atoms with Crippen molar-refractivity contribution in [1.82, 2.24) is 0 Å². The highest BCUT2D eigenvalue weighted by atomic mass is 35.5. The first-order chi connectivity index (χ1) is 10.9. The van der Waals surface area contributed by atoms with Gasteiger partial charge in [-0.25, -0.2) is 0 Å². The van der Waals surface area contributed by atoms with Gasteiger partial charge in [-0.15, -0.1) is 0 Å². The average Bonchev–Trinajstić information content (AvgIpc) is 2.52. The summed E-state index contributed by atoms with van der Waals surface area (Å²) in [5.74, 6) is -1.32. The van der Waals surface area contributed by atoms with Crippen LogP contribution in [-0.2, 0) is 9.59 Å². The molecule has 1 N–H and O–H groups in total. The molecule has 0 unspecified atom stereocenters. The molecule has 0 heterocycles. The molecule has 0 radical (unpaired) electrons. The molecule has 4 nitrogen and oxygen atoms in total. The van der Waals surface area contributed by atoms with Crippen LogP contribution in [0.4, 0.5) is 11.4 Å². The van der Waals surface area contributed by atoms with Crippen molar-refractivity contribution in [3.8, 4) is 0 Å². The van der Waals surface area contributed by atoms with E-state index in [0.29, 0.717) is 22.9 Å². The minimum atomic E-state index is -0.704. The molecule has 0 aliphatic carbocycles. The number of anilines is 2. The van der Waals surface area contributed by atoms with Crippen molar-refractivity contribution in [2.75, 3.05) is 16.8 Å². The largest absolute Gasteiger partial charge is 0.316 e. The van der Waals surface area contributed by atoms with Crippen molar-refractivity contribution >= 4 is 34.8 Å². The molecule has 23 heavy (non-hydrogen) atoms. The predicted molar refractivity (Wildman–Crippen MR) is 94.0 cm³/mol. The maximum Gasteiger partial charge on any atom is 0.316 e. The zero-order valence-corrected chi connectivity index (χ0v) is 14.1. The minimum absolute atomic E-state index is 0.400. The third-order valence-corrected chi connectivity index (χ3v) is 3.79. The Kier molecular flexibility index (Phi) is 5.40. The molecular formula is C18H19ClN2O2. The fourth-order valence-electron chi connectivity index (χ4n) is 2.41. The van der Waals surface area contributed by atoms with Gasteiger partial charge in [0.25, 0.3) is 0 Å². The number of hydrogen-bond donors (Lipinski definition) is 1. The zero-order chi connectivity index (χ0) is 17.0. The Morgan fingerprint density at radius 1 is 1.13 bits per heavy atom. The summed E-state index contributed by atoms with van der Waals surface area (Å²) in [5.41, 5.74) is 2.97. The highest BCUT2D eigenvalue weighted by Gasteiger charge is 2.23. The number of amides is 2. The van der Waals surface area contributed by atoms with Gasteiger partial charge in [0.05, 0.1) is 10.7 Å². The summed E-state index contributed by atoms with van der Waals surface area (Å²) in [6.07, 6.45) is 0. The Hall–Kier alpha value is -2.33. The molecule has 0 aliphatic heterocycles. The Labute approximate surface area is 141 Å². The summed E-state index contributed by atoms with van der Waals surface area (Å²) in [5, 5.41) is 3.05. The molecule has 0 atom stereocenters. The summed E-state index contributed by atoms with van der Waals surface area (Å²) in [7, 11) is 0. The zero-order valence-electron chi connectivity index (χ0n) is 13.4. The predicted octanol–water partition coefficient (Wildman–Crippen LogP) is 3.95. The molecular weight excluding hydrogens is 312 g/mol. The highest BCUT2D eigenvalue weighted by molar-refractivity contribution is 6.45. The fraction of sp³-hybridized carbons (Fsp3) is 0.222. The fourth-order valence-corrected chi connectivity index (χ4v) is 2.78. The lowest BCUT2D eigenvalue weighted by atomic mass is 10.1. The maximum absolute atomic E-state index is 12.4. The second kappa shape index (κ2) is 7.29. The van der Waals surface area contributed by atoms with Crippen LogP contribution in [-0.4, -0.2) is 18.4 Å². The van der Waals surface area contributed by atoms with E-state index in [4.69, 9.17) is 11.6 Å². The summed E-state index contributed by atoms with van der Waals surface area (Å²) in [6, 6.07) is 12.7. The number of benzene rings is 2. The van der Waals surface area contributed by atoms with E-state index >= 15 is 0 Å². The smallest absolute Gasteiger partial charge is 0.316 e. The number of para-hydroxylation sites is 1. The molecule has 0 saturated heterocycles. The molecule has 2 aromatic carbocycles. The monoisotopic (exact) mass is 330 g/mol. The van der Waals surface area contributed by atoms with E-state index in [1.165, 1.54) is 4.90 Å². The van der Waals surface area contributed by atoms with Gasteiger partial charge < -0.3 is 10.2 Å². The molecule has 0 saturated carbocycles. The van der Waals surface area contributed by atoms with Crippen LogP contribution >= 0.6 is 11.6 Å². The van der Waals surface area contributed by atoms with Gasteiger partial charge in [0.15, 0.2) is 0 Å². The van der Waals surface area contributed by atoms with Crippen LogP contribution < -0.4 is 10.2 Å². The number of nitrogens with zero attached hydrogens (tertiary/aromatic N) is 1. The number of likely N-dealkylation sites (N-methyl/N-ethyl adjacent to an activating group) is 1. The number of halogens is 1. The van der Waals surface area contributed by atoms with Crippen molar-refractivity contribution in [3.05, 3.63) is 58.6 Å². The summed E-state index contributed by atoms with van der Waals surface area (Å²) in [4.78, 5) is 26.2. The second-order valence-corrected chi connectivity index (χ2v) is 5.68. The first-order valence-corrected chi connectivity index (χ1v) is 7.76. The van der Waals surface area contributed by atoms with Crippen LogP contribution in [0.3, 0.4) is 0 Å². The number of aryl methyl sites for hydroxylation is 2. The molecule has 2 amide bonds. The topological polar surface area (TPSA) is 49.4 Å². The van der Waals surface area contributed by atoms with Gasteiger partial charge in [-0.3, -0.25) is 9.59 Å². The van der Waals surface area contributed by atoms with Crippen molar-refractivity contribution in [3.63, 3.8) is 0 Å². The van der Waals surface area contributed by atoms with Crippen LogP contribution in [0.25, 0.3) is 0 Å². The van der Waals surface area contributed by atoms with Crippen molar-refractivity contribution in [2.24, 2.45) is 0 Å². The molecule has 5 heteroatoms. The second-order valence-electron chi connectivity index (χ2n) is 5.28. The van der Waals surface area contributed by atoms with Crippen molar-refractivity contribution in [1.29, 1.82) is 0 Å². The SMILES string of the molecule is CCN(C(=O)C(=O)Nc1c(C)cc(C)cc1Cl)c1ccccc1. The first-order valence-electron chi connectivity index (χ1n) is 7.38. The minimum Gasteiger partial charge on any atom is -0.316 e. The van der Waals surface area contributed by atoms with Gasteiger partial charge >= 0.3 is 11.8 Å². The molecule has 2 aromatic rings. The Morgan fingerprint density at radius 3 is 2.35 bits per heavy atom. The quantitative estimate of drug-likeness (QED) is 0.866. The molecule has 0 fully saturated rings. The Morgan fingerprint density at radius 2 is 1.78 bits per heavy atom. The average molecular weight is 331 g/mol. The molecule has 120 valence electrons. The number of carbonyl (C=O) groups excluding carboxylic acids is 2. The molecule has 0 aromatic heterocycles. The van der Waals surface area contributed by atoms with E-state index in [0.717, 1.165) is 11.1 Å². The van der Waals surface area contributed by atoms with Gasteiger partial charge in [0.1, 0.15) is 0 Å². The van der Waals surface area contributed by atoms with E-state index < -0.39 is 11.8 Å². The summed E-state index contributed by atoms with van der Waals surface area (Å²) >= 11 is 6.17. The first kappa shape index (κ1) is 17.0. The van der Waals surface area contributed by atoms with E-state index in [2.05, 4.69) is 5.32 Å². The van der Waals surface area contributed by atoms with E-state index in [1.54, 1.807) is 18.2 Å². The lowest BCUT2D eigenvalue weighted by molar-refractivity contribution is -0.134. The van der Waals surface area contributed by atoms with E-state index in [1.807, 2.05) is 45.0 Å². The van der Waals surface area contributed by atoms with Crippen LogP contribution in [0.5, 0.6) is 0 Å². The van der Waals surface area contributed by atoms with Crippen LogP contribution in [0.1, 0.15) is 18.1 Å². The summed E-state index contributed by atoms with van der Waals surface area (Å²) < 4.78 is 0. The number of carbonyl (C=O) groups is 2. The van der Waals surface area contributed by atoms with Gasteiger partial charge in [0, 0.05) is 12.2 Å². The van der Waals surface area contributed by atoms with Gasteiger partial charge in [0.2, 0.25) is 0 Å². The third kappa shape index (κ3) is 3.90. The number of rotatable bonds is 3. The van der Waals surface area contributed by atoms with Gasteiger partial charge in [-0.05, 0) is 50.1 Å². The molecule has 0 spiro atoms. The van der Waals surface area contributed by atoms with E-state index in [9.17, 15) is 9.59 Å². The van der Waals surface area contributed by atoms with E-state index in [-0.39, 0.29) is 0 Å². The van der Waals surface area contributed by atoms with Crippen LogP contribution in [0.2, 0.25) is 5.02 Å². The Balaban J connectivity index is 2.22. The highest BCUT2D eigenvalue weighted by Crippen LogP contribution is 2.27. The third-order valence-electron chi connectivity index (χ3n) is 3.49. The number of nitrogens with one attached hydrogen (secondary N) is 1. The Bertz CT molecular complexity index is 706. The van der Waals surface area contributed by atoms with Crippen molar-refractivity contribution < 1.29 is 9.59 Å². The van der Waals surface area contributed by atoms with Crippen LogP contribution in [0, 0.1) is 13.8 Å². The number of hydrogen-bond acceptors (Lipinski definition) is 2. The maximum atomic E-state index is 12.4. The molecule has 0 aliphatic rings. The molecule has 2 rings (SSSR count). The normalized spacial score (nSPS) is 10.3. The lowest BCUT2D eigenvalue weighted by Gasteiger charge is -2.21. The summed E-state index contributed by atoms with van der Waals surface area (Å²) in [6.45, 7) is 5.98.